The molecule has 0 aliphatic rings. The first kappa shape index (κ1) is 14.2. The highest BCUT2D eigenvalue weighted by atomic mass is 79.9. The Morgan fingerprint density at radius 3 is 1.92 bits per heavy atom. The maximum absolute atomic E-state index is 3.40. The zero-order valence-electron chi connectivity index (χ0n) is 8.69. The van der Waals surface area contributed by atoms with Gasteiger partial charge in [-0.3, -0.25) is 0 Å². The molecular weight excluding hydrogens is 212 g/mol. The van der Waals surface area contributed by atoms with Crippen LogP contribution in [0.2, 0.25) is 0 Å². The van der Waals surface area contributed by atoms with Crippen LogP contribution in [0.4, 0.5) is 0 Å². The van der Waals surface area contributed by atoms with Crippen LogP contribution in [-0.2, 0) is 0 Å². The minimum Gasteiger partial charge on any atom is -0.0865 e. The molecular formula is C11H19Br. The molecule has 0 aromatic carbocycles. The quantitative estimate of drug-likeness (QED) is 0.597. The van der Waals surface area contributed by atoms with Crippen LogP contribution in [0.3, 0.4) is 0 Å². The average molecular weight is 231 g/mol. The molecule has 0 saturated heterocycles. The fourth-order valence-electron chi connectivity index (χ4n) is 0.461. The Hall–Kier alpha value is -0.300. The van der Waals surface area contributed by atoms with Crippen molar-refractivity contribution in [2.24, 2.45) is 0 Å². The van der Waals surface area contributed by atoms with Gasteiger partial charge in [-0.2, -0.15) is 0 Å². The van der Waals surface area contributed by atoms with Gasteiger partial charge in [0, 0.05) is 4.48 Å². The summed E-state index contributed by atoms with van der Waals surface area (Å²) >= 11 is 3.40. The van der Waals surface area contributed by atoms with Crippen molar-refractivity contribution >= 4 is 15.9 Å². The van der Waals surface area contributed by atoms with Crippen LogP contribution in [-0.4, -0.2) is 0 Å². The lowest BCUT2D eigenvalue weighted by Gasteiger charge is -1.85. The van der Waals surface area contributed by atoms with Gasteiger partial charge in [0.1, 0.15) is 0 Å². The fourth-order valence-corrected chi connectivity index (χ4v) is 0.858. The second kappa shape index (κ2) is 10.7. The van der Waals surface area contributed by atoms with Gasteiger partial charge < -0.3 is 0 Å². The van der Waals surface area contributed by atoms with Crippen LogP contribution in [0.1, 0.15) is 34.6 Å². The van der Waals surface area contributed by atoms with E-state index in [0.29, 0.717) is 0 Å². The van der Waals surface area contributed by atoms with E-state index in [1.807, 2.05) is 39.0 Å². The second-order valence-electron chi connectivity index (χ2n) is 2.30. The van der Waals surface area contributed by atoms with Crippen LogP contribution in [0.15, 0.2) is 34.4 Å². The number of halogens is 1. The van der Waals surface area contributed by atoms with Crippen LogP contribution in [0.25, 0.3) is 0 Å². The molecule has 0 radical (unpaired) electrons. The van der Waals surface area contributed by atoms with Crippen molar-refractivity contribution in [3.63, 3.8) is 0 Å². The predicted molar refractivity (Wildman–Crippen MR) is 62.6 cm³/mol. The Kier molecular flexibility index (Phi) is 12.7. The Morgan fingerprint density at radius 1 is 1.08 bits per heavy atom. The molecule has 0 bridgehead atoms. The molecule has 0 amide bonds. The van der Waals surface area contributed by atoms with Crippen LogP contribution >= 0.6 is 15.9 Å². The molecule has 0 fully saturated rings. The van der Waals surface area contributed by atoms with Gasteiger partial charge in [0.2, 0.25) is 0 Å². The van der Waals surface area contributed by atoms with E-state index in [1.165, 1.54) is 5.57 Å². The number of hydrogen-bond acceptors (Lipinski definition) is 0. The van der Waals surface area contributed by atoms with E-state index >= 15 is 0 Å². The van der Waals surface area contributed by atoms with Gasteiger partial charge in [0.25, 0.3) is 0 Å². The van der Waals surface area contributed by atoms with Crippen molar-refractivity contribution in [2.45, 2.75) is 34.6 Å². The van der Waals surface area contributed by atoms with Crippen molar-refractivity contribution in [1.29, 1.82) is 0 Å². The third kappa shape index (κ3) is 12.4. The Bertz CT molecular complexity index is 169. The highest BCUT2D eigenvalue weighted by molar-refractivity contribution is 9.11. The molecule has 0 N–H and O–H groups in total. The van der Waals surface area contributed by atoms with Gasteiger partial charge in [0.05, 0.1) is 0 Å². The van der Waals surface area contributed by atoms with Crippen LogP contribution < -0.4 is 0 Å². The largest absolute Gasteiger partial charge is 0.0865 e. The molecule has 0 heterocycles. The lowest BCUT2D eigenvalue weighted by Crippen LogP contribution is -1.62. The average Bonchev–Trinajstić information content (AvgIpc) is 2.05. The van der Waals surface area contributed by atoms with E-state index in [-0.39, 0.29) is 0 Å². The van der Waals surface area contributed by atoms with Gasteiger partial charge in [-0.05, 0) is 26.8 Å². The summed E-state index contributed by atoms with van der Waals surface area (Å²) in [5.74, 6) is 0. The first-order valence-electron chi connectivity index (χ1n) is 4.30. The van der Waals surface area contributed by atoms with Gasteiger partial charge >= 0.3 is 0 Å². The monoisotopic (exact) mass is 230 g/mol. The summed E-state index contributed by atoms with van der Waals surface area (Å²) in [6.07, 6.45) is 8.12. The summed E-state index contributed by atoms with van der Waals surface area (Å²) in [6.45, 7) is 10.1. The Labute approximate surface area is 85.2 Å². The van der Waals surface area contributed by atoms with Crippen molar-refractivity contribution in [3.05, 3.63) is 34.4 Å². The van der Waals surface area contributed by atoms with Crippen molar-refractivity contribution in [1.82, 2.24) is 0 Å². The van der Waals surface area contributed by atoms with Crippen LogP contribution in [0, 0.1) is 0 Å². The summed E-state index contributed by atoms with van der Waals surface area (Å²) in [5, 5.41) is 0. The molecule has 0 aromatic rings. The van der Waals surface area contributed by atoms with E-state index in [2.05, 4.69) is 35.9 Å². The molecule has 0 unspecified atom stereocenters. The smallest absolute Gasteiger partial charge is 0.0171 e. The van der Waals surface area contributed by atoms with E-state index in [4.69, 9.17) is 0 Å². The Balaban J connectivity index is 0. The molecule has 70 valence electrons. The molecule has 0 atom stereocenters. The summed E-state index contributed by atoms with van der Waals surface area (Å²) < 4.78 is 1.11. The SMILES string of the molecule is C/C=C\C(Br)=C/C=C(C)C.CC. The fraction of sp³-hybridized carbons (Fsp3) is 0.455. The molecule has 0 aromatic heterocycles. The van der Waals surface area contributed by atoms with Crippen LogP contribution in [0.5, 0.6) is 0 Å². The highest BCUT2D eigenvalue weighted by Crippen LogP contribution is 2.07. The minimum absolute atomic E-state index is 1.11. The normalized spacial score (nSPS) is 10.7. The predicted octanol–water partition coefficient (Wildman–Crippen LogP) is 4.83. The molecule has 0 rings (SSSR count). The minimum atomic E-state index is 1.11. The third-order valence-electron chi connectivity index (χ3n) is 0.902. The number of rotatable bonds is 2. The highest BCUT2D eigenvalue weighted by Gasteiger charge is 1.78. The van der Waals surface area contributed by atoms with Gasteiger partial charge in [-0.15, -0.1) is 0 Å². The van der Waals surface area contributed by atoms with Crippen molar-refractivity contribution in [3.8, 4) is 0 Å². The second-order valence-corrected chi connectivity index (χ2v) is 3.21. The molecule has 0 nitrogen and oxygen atoms in total. The summed E-state index contributed by atoms with van der Waals surface area (Å²) in [7, 11) is 0. The molecule has 0 spiro atoms. The molecule has 0 aliphatic carbocycles. The maximum Gasteiger partial charge on any atom is 0.0171 e. The van der Waals surface area contributed by atoms with E-state index in [0.717, 1.165) is 4.48 Å². The maximum atomic E-state index is 3.40. The third-order valence-corrected chi connectivity index (χ3v) is 1.43. The van der Waals surface area contributed by atoms with Gasteiger partial charge in [-0.1, -0.05) is 53.6 Å². The lowest BCUT2D eigenvalue weighted by molar-refractivity contribution is 1.39. The standard InChI is InChI=1S/C9H13Br.C2H6/c1-4-5-9(10)7-6-8(2)3;1-2/h4-7H,1-3H3;1-2H3/b5-4-,9-7+;. The zero-order valence-corrected chi connectivity index (χ0v) is 10.3. The van der Waals surface area contributed by atoms with E-state index < -0.39 is 0 Å². The summed E-state index contributed by atoms with van der Waals surface area (Å²) in [4.78, 5) is 0. The first-order valence-corrected chi connectivity index (χ1v) is 5.09. The number of hydrogen-bond donors (Lipinski definition) is 0. The first-order chi connectivity index (χ1) is 5.66. The molecule has 0 aliphatic heterocycles. The Morgan fingerprint density at radius 2 is 1.58 bits per heavy atom. The number of allylic oxidation sites excluding steroid dienone is 6. The van der Waals surface area contributed by atoms with Crippen molar-refractivity contribution in [2.75, 3.05) is 0 Å². The molecule has 1 heteroatoms. The van der Waals surface area contributed by atoms with Gasteiger partial charge in [0.15, 0.2) is 0 Å². The molecule has 0 saturated carbocycles. The zero-order chi connectivity index (χ0) is 9.98. The van der Waals surface area contributed by atoms with E-state index in [1.54, 1.807) is 0 Å². The van der Waals surface area contributed by atoms with Gasteiger partial charge in [-0.25, -0.2) is 0 Å². The lowest BCUT2D eigenvalue weighted by atomic mass is 10.3. The summed E-state index contributed by atoms with van der Waals surface area (Å²) in [6, 6.07) is 0. The topological polar surface area (TPSA) is 0 Å². The van der Waals surface area contributed by atoms with E-state index in [9.17, 15) is 0 Å². The summed E-state index contributed by atoms with van der Waals surface area (Å²) in [5.41, 5.74) is 1.31. The molecule has 12 heavy (non-hydrogen) atoms. The van der Waals surface area contributed by atoms with Crippen molar-refractivity contribution < 1.29 is 0 Å².